The maximum Gasteiger partial charge on any atom is 0.303 e. The molecule has 2 N–H and O–H groups in total. The number of carbonyl (C=O) groups excluding carboxylic acids is 1. The van der Waals surface area contributed by atoms with E-state index in [9.17, 15) is 9.59 Å². The highest BCUT2D eigenvalue weighted by molar-refractivity contribution is 5.78. The van der Waals surface area contributed by atoms with Crippen molar-refractivity contribution in [1.82, 2.24) is 10.2 Å². The summed E-state index contributed by atoms with van der Waals surface area (Å²) in [6.07, 6.45) is 1.61. The zero-order valence-electron chi connectivity index (χ0n) is 11.0. The molecule has 0 bridgehead atoms. The number of aliphatic carboxylic acids is 1. The summed E-state index contributed by atoms with van der Waals surface area (Å²) in [6.45, 7) is 7.60. The topological polar surface area (TPSA) is 69.6 Å². The van der Waals surface area contributed by atoms with Crippen LogP contribution in [0.25, 0.3) is 0 Å². The summed E-state index contributed by atoms with van der Waals surface area (Å²) in [4.78, 5) is 24.0. The van der Waals surface area contributed by atoms with Crippen LogP contribution < -0.4 is 5.32 Å². The van der Waals surface area contributed by atoms with Crippen LogP contribution in [0.4, 0.5) is 0 Å². The van der Waals surface area contributed by atoms with E-state index < -0.39 is 5.97 Å². The molecule has 0 aromatic rings. The molecule has 0 heterocycles. The lowest BCUT2D eigenvalue weighted by atomic mass is 10.2. The number of hydrogen-bond donors (Lipinski definition) is 2. The van der Waals surface area contributed by atoms with Gasteiger partial charge in [0.2, 0.25) is 5.91 Å². The highest BCUT2D eigenvalue weighted by atomic mass is 16.4. The van der Waals surface area contributed by atoms with Gasteiger partial charge in [-0.3, -0.25) is 9.59 Å². The van der Waals surface area contributed by atoms with Crippen molar-refractivity contribution >= 4 is 11.9 Å². The predicted molar refractivity (Wildman–Crippen MR) is 66.9 cm³/mol. The van der Waals surface area contributed by atoms with Gasteiger partial charge in [-0.1, -0.05) is 6.92 Å². The third-order valence-electron chi connectivity index (χ3n) is 2.44. The number of hydrogen-bond acceptors (Lipinski definition) is 3. The molecule has 0 aliphatic carbocycles. The van der Waals surface area contributed by atoms with Crippen LogP contribution in [0.2, 0.25) is 0 Å². The molecule has 0 saturated heterocycles. The molecule has 0 aromatic carbocycles. The molecule has 5 heteroatoms. The van der Waals surface area contributed by atoms with E-state index in [0.717, 1.165) is 13.0 Å². The number of carboxylic acids is 1. The largest absolute Gasteiger partial charge is 0.481 e. The van der Waals surface area contributed by atoms with Crippen LogP contribution in [0.1, 0.15) is 40.0 Å². The fourth-order valence-electron chi connectivity index (χ4n) is 1.55. The van der Waals surface area contributed by atoms with Gasteiger partial charge in [0.05, 0.1) is 6.54 Å². The molecule has 0 aliphatic rings. The van der Waals surface area contributed by atoms with E-state index in [0.29, 0.717) is 19.5 Å². The zero-order chi connectivity index (χ0) is 13.3. The minimum atomic E-state index is -0.815. The molecule has 0 rings (SSSR count). The molecule has 0 radical (unpaired) electrons. The van der Waals surface area contributed by atoms with E-state index in [2.05, 4.69) is 5.32 Å². The molecule has 5 nitrogen and oxygen atoms in total. The predicted octanol–water partition coefficient (Wildman–Crippen LogP) is 1.09. The number of nitrogens with zero attached hydrogens (tertiary/aromatic N) is 1. The third-order valence-corrected chi connectivity index (χ3v) is 2.44. The Morgan fingerprint density at radius 2 is 2.00 bits per heavy atom. The Balaban J connectivity index is 4.03. The second-order valence-corrected chi connectivity index (χ2v) is 4.35. The van der Waals surface area contributed by atoms with Crippen molar-refractivity contribution in [2.75, 3.05) is 19.6 Å². The van der Waals surface area contributed by atoms with Crippen LogP contribution in [0.5, 0.6) is 0 Å². The minimum Gasteiger partial charge on any atom is -0.481 e. The molecular formula is C12H24N2O3. The zero-order valence-corrected chi connectivity index (χ0v) is 11.0. The van der Waals surface area contributed by atoms with E-state index in [1.54, 1.807) is 4.90 Å². The first-order chi connectivity index (χ1) is 7.99. The highest BCUT2D eigenvalue weighted by Crippen LogP contribution is 2.02. The standard InChI is InChI=1S/C12H24N2O3/c1-4-7-13-9-11(15)14(10(2)3)8-5-6-12(16)17/h10,13H,4-9H2,1-3H3,(H,16,17). The molecule has 17 heavy (non-hydrogen) atoms. The summed E-state index contributed by atoms with van der Waals surface area (Å²) in [5, 5.41) is 11.6. The van der Waals surface area contributed by atoms with Gasteiger partial charge in [0, 0.05) is 19.0 Å². The summed E-state index contributed by atoms with van der Waals surface area (Å²) in [7, 11) is 0. The lowest BCUT2D eigenvalue weighted by Gasteiger charge is -2.26. The number of nitrogens with one attached hydrogen (secondary N) is 1. The van der Waals surface area contributed by atoms with Gasteiger partial charge >= 0.3 is 5.97 Å². The van der Waals surface area contributed by atoms with Crippen LogP contribution in [-0.4, -0.2) is 47.6 Å². The Labute approximate surface area is 103 Å². The maximum absolute atomic E-state index is 11.9. The fourth-order valence-corrected chi connectivity index (χ4v) is 1.55. The molecule has 0 aliphatic heterocycles. The van der Waals surface area contributed by atoms with Crippen molar-refractivity contribution in [3.63, 3.8) is 0 Å². The van der Waals surface area contributed by atoms with Crippen LogP contribution in [0, 0.1) is 0 Å². The molecule has 100 valence electrons. The Bertz CT molecular complexity index is 242. The number of amides is 1. The lowest BCUT2D eigenvalue weighted by Crippen LogP contribution is -2.43. The van der Waals surface area contributed by atoms with Gasteiger partial charge in [-0.05, 0) is 33.2 Å². The van der Waals surface area contributed by atoms with Crippen LogP contribution in [0.15, 0.2) is 0 Å². The Morgan fingerprint density at radius 1 is 1.35 bits per heavy atom. The maximum atomic E-state index is 11.9. The van der Waals surface area contributed by atoms with Gasteiger partial charge in [0.25, 0.3) is 0 Å². The van der Waals surface area contributed by atoms with Crippen molar-refractivity contribution in [2.45, 2.75) is 46.1 Å². The summed E-state index contributed by atoms with van der Waals surface area (Å²) in [5.41, 5.74) is 0. The summed E-state index contributed by atoms with van der Waals surface area (Å²) >= 11 is 0. The first-order valence-electron chi connectivity index (χ1n) is 6.21. The molecule has 0 fully saturated rings. The minimum absolute atomic E-state index is 0.0406. The van der Waals surface area contributed by atoms with Gasteiger partial charge in [-0.2, -0.15) is 0 Å². The van der Waals surface area contributed by atoms with E-state index >= 15 is 0 Å². The molecule has 0 unspecified atom stereocenters. The molecule has 0 saturated carbocycles. The van der Waals surface area contributed by atoms with Gasteiger partial charge < -0.3 is 15.3 Å². The van der Waals surface area contributed by atoms with Crippen LogP contribution >= 0.6 is 0 Å². The van der Waals surface area contributed by atoms with Crippen LogP contribution in [-0.2, 0) is 9.59 Å². The smallest absolute Gasteiger partial charge is 0.303 e. The highest BCUT2D eigenvalue weighted by Gasteiger charge is 2.16. The van der Waals surface area contributed by atoms with E-state index in [4.69, 9.17) is 5.11 Å². The van der Waals surface area contributed by atoms with Crippen molar-refractivity contribution in [1.29, 1.82) is 0 Å². The van der Waals surface area contributed by atoms with Crippen molar-refractivity contribution in [3.05, 3.63) is 0 Å². The molecule has 0 atom stereocenters. The number of rotatable bonds is 9. The van der Waals surface area contributed by atoms with Gasteiger partial charge in [-0.25, -0.2) is 0 Å². The average molecular weight is 244 g/mol. The molecule has 0 aromatic heterocycles. The summed E-state index contributed by atoms with van der Waals surface area (Å²) in [6, 6.07) is 0.111. The molecule has 0 spiro atoms. The number of carbonyl (C=O) groups is 2. The first-order valence-corrected chi connectivity index (χ1v) is 6.21. The van der Waals surface area contributed by atoms with Crippen molar-refractivity contribution in [3.8, 4) is 0 Å². The van der Waals surface area contributed by atoms with Crippen molar-refractivity contribution < 1.29 is 14.7 Å². The second-order valence-electron chi connectivity index (χ2n) is 4.35. The molecule has 1 amide bonds. The Kier molecular flexibility index (Phi) is 8.40. The fraction of sp³-hybridized carbons (Fsp3) is 0.833. The second kappa shape index (κ2) is 8.98. The summed E-state index contributed by atoms with van der Waals surface area (Å²) in [5.74, 6) is -0.774. The third kappa shape index (κ3) is 7.74. The monoisotopic (exact) mass is 244 g/mol. The van der Waals surface area contributed by atoms with E-state index in [1.807, 2.05) is 20.8 Å². The Hall–Kier alpha value is -1.10. The van der Waals surface area contributed by atoms with Crippen LogP contribution in [0.3, 0.4) is 0 Å². The SMILES string of the molecule is CCCNCC(=O)N(CCCC(=O)O)C(C)C. The normalized spacial score (nSPS) is 10.6. The van der Waals surface area contributed by atoms with Gasteiger partial charge in [0.1, 0.15) is 0 Å². The van der Waals surface area contributed by atoms with E-state index in [1.165, 1.54) is 0 Å². The average Bonchev–Trinajstić information content (AvgIpc) is 2.23. The quantitative estimate of drug-likeness (QED) is 0.596. The lowest BCUT2D eigenvalue weighted by molar-refractivity contribution is -0.138. The van der Waals surface area contributed by atoms with Crippen molar-refractivity contribution in [2.24, 2.45) is 0 Å². The first kappa shape index (κ1) is 15.9. The van der Waals surface area contributed by atoms with E-state index in [-0.39, 0.29) is 18.4 Å². The van der Waals surface area contributed by atoms with Gasteiger partial charge in [-0.15, -0.1) is 0 Å². The summed E-state index contributed by atoms with van der Waals surface area (Å²) < 4.78 is 0. The Morgan fingerprint density at radius 3 is 2.47 bits per heavy atom. The van der Waals surface area contributed by atoms with Gasteiger partial charge in [0.15, 0.2) is 0 Å². The number of carboxylic acid groups (broad SMARTS) is 1. The molecular weight excluding hydrogens is 220 g/mol.